The average Bonchev–Trinajstić information content (AvgIpc) is 2.02. The molecular weight excluding hydrogens is 210 g/mol. The van der Waals surface area contributed by atoms with E-state index in [1.54, 1.807) is 11.8 Å². The maximum absolute atomic E-state index is 10.8. The van der Waals surface area contributed by atoms with Crippen molar-refractivity contribution in [2.75, 3.05) is 24.3 Å². The lowest BCUT2D eigenvalue weighted by molar-refractivity contribution is 0.0374. The monoisotopic (exact) mass is 225 g/mol. The van der Waals surface area contributed by atoms with Gasteiger partial charge in [0.05, 0.1) is 11.9 Å². The van der Waals surface area contributed by atoms with E-state index in [0.717, 1.165) is 17.8 Å². The van der Waals surface area contributed by atoms with Gasteiger partial charge >= 0.3 is 0 Å². The number of rotatable bonds is 3. The van der Waals surface area contributed by atoms with Crippen molar-refractivity contribution in [3.63, 3.8) is 0 Å². The summed E-state index contributed by atoms with van der Waals surface area (Å²) in [5, 5.41) is 9.89. The lowest BCUT2D eigenvalue weighted by Crippen LogP contribution is -2.44. The molecule has 0 saturated carbocycles. The van der Waals surface area contributed by atoms with Gasteiger partial charge in [0.15, 0.2) is 0 Å². The first-order valence-electron chi connectivity index (χ1n) is 4.16. The Balaban J connectivity index is 2.42. The minimum absolute atomic E-state index is 0.145. The highest BCUT2D eigenvalue weighted by atomic mass is 32.2. The Morgan fingerprint density at radius 3 is 2.46 bits per heavy atom. The predicted octanol–water partition coefficient (Wildman–Crippen LogP) is -0.206. The van der Waals surface area contributed by atoms with Gasteiger partial charge in [0.25, 0.3) is 0 Å². The van der Waals surface area contributed by atoms with Gasteiger partial charge in [-0.3, -0.25) is 0 Å². The van der Waals surface area contributed by atoms with Crippen LogP contribution in [0.3, 0.4) is 0 Å². The molecule has 1 rings (SSSR count). The van der Waals surface area contributed by atoms with E-state index in [1.165, 1.54) is 0 Å². The molecule has 1 saturated heterocycles. The Labute approximate surface area is 83.2 Å². The molecule has 78 valence electrons. The highest BCUT2D eigenvalue weighted by Gasteiger charge is 2.29. The van der Waals surface area contributed by atoms with E-state index in [2.05, 4.69) is 4.72 Å². The van der Waals surface area contributed by atoms with E-state index in [4.69, 9.17) is 0 Å². The van der Waals surface area contributed by atoms with E-state index < -0.39 is 15.6 Å². The molecule has 0 spiro atoms. The largest absolute Gasteiger partial charge is 0.388 e. The molecule has 0 bridgehead atoms. The van der Waals surface area contributed by atoms with Crippen LogP contribution in [0.25, 0.3) is 0 Å². The zero-order valence-corrected chi connectivity index (χ0v) is 9.25. The van der Waals surface area contributed by atoms with E-state index in [-0.39, 0.29) is 6.54 Å². The molecule has 0 amide bonds. The summed E-state index contributed by atoms with van der Waals surface area (Å²) in [5.41, 5.74) is -0.825. The Bertz CT molecular complexity index is 257. The lowest BCUT2D eigenvalue weighted by atomic mass is 9.97. The minimum Gasteiger partial charge on any atom is -0.388 e. The summed E-state index contributed by atoms with van der Waals surface area (Å²) in [4.78, 5) is 0. The van der Waals surface area contributed by atoms with E-state index >= 15 is 0 Å². The highest BCUT2D eigenvalue weighted by Crippen LogP contribution is 2.26. The van der Waals surface area contributed by atoms with Crippen LogP contribution >= 0.6 is 11.8 Å². The minimum atomic E-state index is -3.18. The molecule has 1 aliphatic heterocycles. The molecule has 0 atom stereocenters. The van der Waals surface area contributed by atoms with Crippen molar-refractivity contribution in [2.45, 2.75) is 18.4 Å². The lowest BCUT2D eigenvalue weighted by Gasteiger charge is -2.31. The van der Waals surface area contributed by atoms with Gasteiger partial charge in [-0.1, -0.05) is 0 Å². The number of sulfonamides is 1. The van der Waals surface area contributed by atoms with Crippen LogP contribution in [0.15, 0.2) is 0 Å². The Morgan fingerprint density at radius 2 is 2.00 bits per heavy atom. The van der Waals surface area contributed by atoms with Crippen LogP contribution in [-0.4, -0.2) is 43.4 Å². The third-order valence-corrected chi connectivity index (χ3v) is 3.74. The highest BCUT2D eigenvalue weighted by molar-refractivity contribution is 7.99. The molecule has 0 aromatic heterocycles. The van der Waals surface area contributed by atoms with Crippen molar-refractivity contribution in [3.8, 4) is 0 Å². The summed E-state index contributed by atoms with van der Waals surface area (Å²) >= 11 is 1.79. The van der Waals surface area contributed by atoms with Gasteiger partial charge in [-0.25, -0.2) is 13.1 Å². The summed E-state index contributed by atoms with van der Waals surface area (Å²) in [6.07, 6.45) is 2.44. The van der Waals surface area contributed by atoms with E-state index in [9.17, 15) is 13.5 Å². The Kier molecular flexibility index (Phi) is 3.62. The molecule has 0 aromatic carbocycles. The van der Waals surface area contributed by atoms with Gasteiger partial charge in [-0.2, -0.15) is 11.8 Å². The van der Waals surface area contributed by atoms with Crippen LogP contribution < -0.4 is 4.72 Å². The fourth-order valence-electron chi connectivity index (χ4n) is 1.19. The Hall–Kier alpha value is 0.220. The average molecular weight is 225 g/mol. The first kappa shape index (κ1) is 11.3. The van der Waals surface area contributed by atoms with Gasteiger partial charge in [0, 0.05) is 6.54 Å². The summed E-state index contributed by atoms with van der Waals surface area (Å²) in [6.45, 7) is 0.145. The molecule has 2 N–H and O–H groups in total. The van der Waals surface area contributed by atoms with Crippen molar-refractivity contribution >= 4 is 21.8 Å². The van der Waals surface area contributed by atoms with Crippen LogP contribution in [-0.2, 0) is 10.0 Å². The summed E-state index contributed by atoms with van der Waals surface area (Å²) in [5.74, 6) is 1.81. The van der Waals surface area contributed by atoms with Gasteiger partial charge < -0.3 is 5.11 Å². The van der Waals surface area contributed by atoms with Gasteiger partial charge in [-0.15, -0.1) is 0 Å². The van der Waals surface area contributed by atoms with Crippen molar-refractivity contribution in [2.24, 2.45) is 0 Å². The zero-order chi connectivity index (χ0) is 9.95. The fraction of sp³-hybridized carbons (Fsp3) is 1.00. The first-order valence-corrected chi connectivity index (χ1v) is 7.21. The normalized spacial score (nSPS) is 22.9. The molecule has 1 fully saturated rings. The summed E-state index contributed by atoms with van der Waals surface area (Å²) < 4.78 is 23.9. The third kappa shape index (κ3) is 4.30. The predicted molar refractivity (Wildman–Crippen MR) is 54.4 cm³/mol. The number of aliphatic hydroxyl groups is 1. The second-order valence-corrected chi connectivity index (χ2v) is 6.49. The van der Waals surface area contributed by atoms with Crippen molar-refractivity contribution in [3.05, 3.63) is 0 Å². The molecule has 1 heterocycles. The van der Waals surface area contributed by atoms with Crippen LogP contribution in [0, 0.1) is 0 Å². The first-order chi connectivity index (χ1) is 5.91. The van der Waals surface area contributed by atoms with Crippen LogP contribution in [0.1, 0.15) is 12.8 Å². The molecule has 0 aromatic rings. The number of hydrogen-bond acceptors (Lipinski definition) is 4. The quantitative estimate of drug-likeness (QED) is 0.698. The molecule has 0 aliphatic carbocycles. The second kappa shape index (κ2) is 4.16. The maximum Gasteiger partial charge on any atom is 0.208 e. The molecule has 6 heteroatoms. The van der Waals surface area contributed by atoms with E-state index in [1.807, 2.05) is 0 Å². The van der Waals surface area contributed by atoms with Crippen molar-refractivity contribution in [1.82, 2.24) is 4.72 Å². The van der Waals surface area contributed by atoms with Crippen LogP contribution in [0.5, 0.6) is 0 Å². The van der Waals surface area contributed by atoms with Crippen LogP contribution in [0.4, 0.5) is 0 Å². The molecule has 13 heavy (non-hydrogen) atoms. The zero-order valence-electron chi connectivity index (χ0n) is 7.62. The summed E-state index contributed by atoms with van der Waals surface area (Å²) in [7, 11) is -3.18. The molecular formula is C7H15NO3S2. The number of nitrogens with one attached hydrogen (secondary N) is 1. The van der Waals surface area contributed by atoms with E-state index in [0.29, 0.717) is 12.8 Å². The van der Waals surface area contributed by atoms with Crippen LogP contribution in [0.2, 0.25) is 0 Å². The molecule has 1 aliphatic rings. The number of thioether (sulfide) groups is 1. The second-order valence-electron chi connectivity index (χ2n) is 3.43. The number of hydrogen-bond donors (Lipinski definition) is 2. The SMILES string of the molecule is CS(=O)(=O)NCC1(O)CCSCC1. The molecule has 0 radical (unpaired) electrons. The smallest absolute Gasteiger partial charge is 0.208 e. The third-order valence-electron chi connectivity index (χ3n) is 2.09. The van der Waals surface area contributed by atoms with Gasteiger partial charge in [0.2, 0.25) is 10.0 Å². The molecule has 0 unspecified atom stereocenters. The van der Waals surface area contributed by atoms with Crippen molar-refractivity contribution in [1.29, 1.82) is 0 Å². The van der Waals surface area contributed by atoms with Crippen molar-refractivity contribution < 1.29 is 13.5 Å². The Morgan fingerprint density at radius 1 is 1.46 bits per heavy atom. The molecule has 4 nitrogen and oxygen atoms in total. The van der Waals surface area contributed by atoms with Gasteiger partial charge in [0.1, 0.15) is 0 Å². The fourth-order valence-corrected chi connectivity index (χ4v) is 2.98. The standard InChI is InChI=1S/C7H15NO3S2/c1-13(10,11)8-6-7(9)2-4-12-5-3-7/h8-9H,2-6H2,1H3. The summed E-state index contributed by atoms with van der Waals surface area (Å²) in [6, 6.07) is 0. The van der Waals surface area contributed by atoms with Gasteiger partial charge in [-0.05, 0) is 24.3 Å². The maximum atomic E-state index is 10.8. The topological polar surface area (TPSA) is 66.4 Å².